The number of benzene rings is 1. The molecule has 23 amide bonds. The van der Waals surface area contributed by atoms with Gasteiger partial charge in [0.1, 0.15) is 105 Å². The lowest BCUT2D eigenvalue weighted by Gasteiger charge is -2.36. The van der Waals surface area contributed by atoms with E-state index >= 15 is 0 Å². The fourth-order valence-electron chi connectivity index (χ4n) is 15.1. The number of aliphatic hydroxyl groups is 1. The van der Waals surface area contributed by atoms with Gasteiger partial charge in [0.2, 0.25) is 136 Å². The molecule has 142 heavy (non-hydrogen) atoms. The fourth-order valence-corrected chi connectivity index (χ4v) is 15.1. The maximum absolute atomic E-state index is 14.6. The second kappa shape index (κ2) is 53.2. The van der Waals surface area contributed by atoms with Crippen molar-refractivity contribution in [2.24, 2.45) is 35.0 Å². The quantitative estimate of drug-likeness (QED) is 0.0271. The first-order valence-corrected chi connectivity index (χ1v) is 47.7. The summed E-state index contributed by atoms with van der Waals surface area (Å²) in [6, 6.07) is -5.08. The third-order valence-electron chi connectivity index (χ3n) is 23.6. The van der Waals surface area contributed by atoms with Crippen LogP contribution in [0.2, 0.25) is 0 Å². The van der Waals surface area contributed by atoms with Gasteiger partial charge in [0, 0.05) is 58.4 Å². The van der Waals surface area contributed by atoms with Gasteiger partial charge in [-0.3, -0.25) is 110 Å². The molecule has 11 atom stereocenters. The van der Waals surface area contributed by atoms with Gasteiger partial charge in [0.25, 0.3) is 0 Å². The minimum Gasteiger partial charge on any atom is -0.395 e. The van der Waals surface area contributed by atoms with Crippen molar-refractivity contribution in [2.75, 3.05) is 39.3 Å². The normalized spacial score (nSPS) is 16.1. The van der Waals surface area contributed by atoms with Gasteiger partial charge in [0.15, 0.2) is 0 Å². The molecule has 0 radical (unpaired) electrons. The van der Waals surface area contributed by atoms with Crippen molar-refractivity contribution in [3.8, 4) is 0 Å². The first-order valence-electron chi connectivity index (χ1n) is 47.7. The summed E-state index contributed by atoms with van der Waals surface area (Å²) in [5, 5.41) is 58.7. The summed E-state index contributed by atoms with van der Waals surface area (Å²) < 4.78 is 0. The van der Waals surface area contributed by atoms with Crippen molar-refractivity contribution in [1.82, 2.24) is 111 Å². The fraction of sp³-hybridized carbons (Fsp3) is 0.691. The highest BCUT2D eigenvalue weighted by atomic mass is 16.3. The summed E-state index contributed by atoms with van der Waals surface area (Å²) in [5.41, 5.74) is 3.19. The standard InChI is InChI=1S/C94H156N24O24/c1-49(2)45-60(74(130)112-94(24,25)86(142)117-42-29-33-61(117)75(131)107-67(50(3)4)77(133)115-92(20,21)84(140)116-91(18,19)82(138)106-58(36-39-64(96)122)72(128)105-57(35-38-63(95)121)71(127)102-56(47-98-41-44-119)46-55-31-27-26-28-32-55)103-66(124)48-99-79(135)87(10,11)114-78(134)68(51(5)6)108-83(139)90(16,17)111-73(129)59(37-40-65(97)123)104-69(125)52(7)100-80(136)88(12,13)110-70(126)53(8)101-81(137)89(14,15)113-76(132)62-34-30-43-118(62)85(141)93(22,23)109-54(9)120/h26-28,31-32,49-53,56-62,67-68,98,119H,29-30,33-48H2,1-25H3,(H2,95,121)(H2,96,122)(H2,97,123)(H,99,135)(H,100,136)(H,101,137)(H,102,127)(H,103,124)(H,104,125)(H,105,128)(H,106,138)(H,107,131)(H,108,139)(H,109,120)(H,110,126)(H,111,129)(H,112,130)(H,113,132)(H,114,134)(H,115,133)(H,116,140)/t52-,53-,56?,57-,58-,59-,60-,61-,62-,67-,68-/m0/s1. The molecule has 796 valence electrons. The molecule has 0 aromatic heterocycles. The van der Waals surface area contributed by atoms with Crippen molar-refractivity contribution < 1.29 is 115 Å². The Hall–Kier alpha value is -13.0. The maximum atomic E-state index is 14.6. The number of carbonyl (C=O) groups is 23. The Morgan fingerprint density at radius 2 is 0.754 bits per heavy atom. The lowest BCUT2D eigenvalue weighted by molar-refractivity contribution is -0.146. The molecule has 3 rings (SSSR count). The Morgan fingerprint density at radius 1 is 0.380 bits per heavy atom. The van der Waals surface area contributed by atoms with Crippen LogP contribution in [0.4, 0.5) is 0 Å². The van der Waals surface area contributed by atoms with Crippen LogP contribution in [0.5, 0.6) is 0 Å². The Morgan fingerprint density at radius 3 is 1.22 bits per heavy atom. The Balaban J connectivity index is 1.66. The first-order chi connectivity index (χ1) is 65.3. The minimum atomic E-state index is -1.91. The van der Waals surface area contributed by atoms with Crippen LogP contribution in [-0.2, 0) is 117 Å². The molecule has 2 fully saturated rings. The van der Waals surface area contributed by atoms with E-state index in [9.17, 15) is 115 Å². The first kappa shape index (κ1) is 123. The van der Waals surface area contributed by atoms with Gasteiger partial charge < -0.3 is 133 Å². The van der Waals surface area contributed by atoms with Gasteiger partial charge in [-0.2, -0.15) is 0 Å². The number of aliphatic hydroxyl groups excluding tert-OH is 1. The molecule has 0 bridgehead atoms. The lowest BCUT2D eigenvalue weighted by atomic mass is 9.96. The molecule has 48 nitrogen and oxygen atoms in total. The lowest BCUT2D eigenvalue weighted by Crippen LogP contribution is -2.66. The van der Waals surface area contributed by atoms with Crippen molar-refractivity contribution in [3.63, 3.8) is 0 Å². The number of likely N-dealkylation sites (tertiary alicyclic amines) is 2. The SMILES string of the molecule is CC(=O)NC(C)(C)C(=O)N1CCC[C@H]1C(=O)NC(C)(C)C(=O)N[C@@H](C)C(=O)NC(C)(C)C(=O)N[C@@H](C)C(=O)N[C@@H](CCC(N)=O)C(=O)NC(C)(C)C(=O)N[C@H](C(=O)NC(C)(C)C(=O)NCC(=O)N[C@@H](CC(C)C)C(=O)NC(C)(C)C(=O)N1CCC[C@H]1C(=O)N[C@H](C(=O)NC(C)(C)C(=O)NC(C)(C)C(=O)N[C@@H](CCC(N)=O)C(=O)N[C@@H](CCC(N)=O)C(=O)NC(CNCCO)Cc1ccccc1)C(C)C)C(C)C. The predicted molar refractivity (Wildman–Crippen MR) is 519 cm³/mol. The van der Waals surface area contributed by atoms with Crippen LogP contribution in [0.1, 0.15) is 249 Å². The molecule has 1 aromatic rings. The Labute approximate surface area is 829 Å². The van der Waals surface area contributed by atoms with E-state index in [4.69, 9.17) is 17.2 Å². The molecule has 0 aliphatic carbocycles. The van der Waals surface area contributed by atoms with Crippen LogP contribution in [0, 0.1) is 17.8 Å². The second-order valence-corrected chi connectivity index (χ2v) is 41.6. The third-order valence-corrected chi connectivity index (χ3v) is 23.6. The number of rotatable bonds is 56. The topological polar surface area (TPSA) is 726 Å². The number of hydrogen-bond donors (Lipinski definition) is 23. The van der Waals surface area contributed by atoms with Crippen LogP contribution in [0.25, 0.3) is 0 Å². The van der Waals surface area contributed by atoms with Crippen molar-refractivity contribution in [2.45, 2.75) is 361 Å². The second-order valence-electron chi connectivity index (χ2n) is 41.6. The van der Waals surface area contributed by atoms with E-state index in [0.717, 1.165) is 5.56 Å². The molecule has 0 saturated carbocycles. The van der Waals surface area contributed by atoms with Gasteiger partial charge in [0.05, 0.1) is 13.2 Å². The van der Waals surface area contributed by atoms with E-state index < -0.39 is 284 Å². The summed E-state index contributed by atoms with van der Waals surface area (Å²) >= 11 is 0. The zero-order chi connectivity index (χ0) is 109. The number of primary amides is 3. The summed E-state index contributed by atoms with van der Waals surface area (Å²) in [5.74, 6) is -20.8. The van der Waals surface area contributed by atoms with E-state index in [0.29, 0.717) is 19.3 Å². The highest BCUT2D eigenvalue weighted by molar-refractivity contribution is 6.05. The van der Waals surface area contributed by atoms with E-state index in [1.807, 2.05) is 30.3 Å². The zero-order valence-electron chi connectivity index (χ0n) is 86.7. The molecular formula is C94H156N24O24. The average molecular weight is 2010 g/mol. The molecule has 48 heteroatoms. The predicted octanol–water partition coefficient (Wildman–Crippen LogP) is -5.35. The molecular weight excluding hydrogens is 1850 g/mol. The molecule has 0 spiro atoms. The summed E-state index contributed by atoms with van der Waals surface area (Å²) in [6.07, 6.45) is -0.852. The van der Waals surface area contributed by atoms with Crippen molar-refractivity contribution >= 4 is 136 Å². The van der Waals surface area contributed by atoms with Crippen LogP contribution >= 0.6 is 0 Å². The van der Waals surface area contributed by atoms with E-state index in [-0.39, 0.29) is 77.2 Å². The zero-order valence-corrected chi connectivity index (χ0v) is 86.7. The van der Waals surface area contributed by atoms with Crippen LogP contribution in [0.15, 0.2) is 30.3 Å². The molecule has 2 saturated heterocycles. The number of carbonyl (C=O) groups excluding carboxylic acids is 23. The largest absolute Gasteiger partial charge is 0.395 e. The van der Waals surface area contributed by atoms with E-state index in [1.54, 1.807) is 41.5 Å². The smallest absolute Gasteiger partial charge is 0.248 e. The number of hydrogen-bond acceptors (Lipinski definition) is 25. The molecule has 26 N–H and O–H groups in total. The van der Waals surface area contributed by atoms with E-state index in [1.165, 1.54) is 141 Å². The molecule has 2 aliphatic rings. The molecule has 1 unspecified atom stereocenters. The van der Waals surface area contributed by atoms with Crippen LogP contribution in [-0.4, -0.2) is 301 Å². The highest BCUT2D eigenvalue weighted by Crippen LogP contribution is 2.27. The number of amides is 23. The summed E-state index contributed by atoms with van der Waals surface area (Å²) in [6.45, 7) is 34.7. The Bertz CT molecular complexity index is 4760. The monoisotopic (exact) mass is 2010 g/mol. The molecule has 1 aromatic carbocycles. The third kappa shape index (κ3) is 38.8. The van der Waals surface area contributed by atoms with Gasteiger partial charge in [-0.15, -0.1) is 0 Å². The highest BCUT2D eigenvalue weighted by Gasteiger charge is 2.49. The average Bonchev–Trinajstić information content (AvgIpc) is 1.80. The van der Waals surface area contributed by atoms with Crippen molar-refractivity contribution in [3.05, 3.63) is 35.9 Å². The van der Waals surface area contributed by atoms with Gasteiger partial charge in [-0.1, -0.05) is 71.9 Å². The Kier molecular flexibility index (Phi) is 46.1. The number of nitrogens with one attached hydrogen (secondary N) is 19. The minimum absolute atomic E-state index is 0.00696. The van der Waals surface area contributed by atoms with Gasteiger partial charge in [-0.05, 0) is 206 Å². The molecule has 2 heterocycles. The number of nitrogens with two attached hydrogens (primary N) is 3. The van der Waals surface area contributed by atoms with Crippen LogP contribution < -0.4 is 118 Å². The maximum Gasteiger partial charge on any atom is 0.248 e. The summed E-state index contributed by atoms with van der Waals surface area (Å²) in [7, 11) is 0. The summed E-state index contributed by atoms with van der Waals surface area (Å²) in [4.78, 5) is 316. The number of nitrogens with zero attached hydrogens (tertiary/aromatic N) is 2. The molecule has 2 aliphatic heterocycles. The van der Waals surface area contributed by atoms with Crippen LogP contribution in [0.3, 0.4) is 0 Å². The van der Waals surface area contributed by atoms with Crippen molar-refractivity contribution in [1.29, 1.82) is 0 Å². The van der Waals surface area contributed by atoms with Gasteiger partial charge in [-0.25, -0.2) is 0 Å². The van der Waals surface area contributed by atoms with Gasteiger partial charge >= 0.3 is 0 Å². The van der Waals surface area contributed by atoms with E-state index in [2.05, 4.69) is 101 Å².